The van der Waals surface area contributed by atoms with Gasteiger partial charge < -0.3 is 30.5 Å². The molecule has 2 fully saturated rings. The van der Waals surface area contributed by atoms with Gasteiger partial charge >= 0.3 is 17.7 Å². The third-order valence-corrected chi connectivity index (χ3v) is 7.52. The van der Waals surface area contributed by atoms with E-state index in [9.17, 15) is 24.3 Å². The fourth-order valence-electron chi connectivity index (χ4n) is 4.68. The summed E-state index contributed by atoms with van der Waals surface area (Å²) >= 11 is 1.05. The summed E-state index contributed by atoms with van der Waals surface area (Å²) in [6, 6.07) is 17.8. The smallest absolute Gasteiger partial charge is 0.376 e. The zero-order chi connectivity index (χ0) is 30.6. The number of amides is 2. The predicted octanol–water partition coefficient (Wildman–Crippen LogP) is 1.06. The maximum atomic E-state index is 13.9. The number of aliphatic hydroxyl groups excluding tert-OH is 1. The number of cyclic esters (lactones) is 1. The highest BCUT2D eigenvalue weighted by molar-refractivity contribution is 7.13. The second-order valence-electron chi connectivity index (χ2n) is 9.63. The van der Waals surface area contributed by atoms with E-state index >= 15 is 0 Å². The molecule has 3 aromatic rings. The molecule has 224 valence electrons. The number of nitrogens with one attached hydrogen (secondary N) is 1. The van der Waals surface area contributed by atoms with Crippen molar-refractivity contribution in [3.63, 3.8) is 0 Å². The second-order valence-corrected chi connectivity index (χ2v) is 10.5. The van der Waals surface area contributed by atoms with Gasteiger partial charge in [0.2, 0.25) is 0 Å². The Morgan fingerprint density at radius 1 is 1.16 bits per heavy atom. The monoisotopic (exact) mass is 609 g/mol. The van der Waals surface area contributed by atoms with Crippen LogP contribution in [0.1, 0.15) is 35.8 Å². The number of carbonyl (C=O) groups excluding carboxylic acids is 4. The van der Waals surface area contributed by atoms with Gasteiger partial charge in [-0.2, -0.15) is 5.06 Å². The van der Waals surface area contributed by atoms with Gasteiger partial charge in [-0.25, -0.2) is 9.78 Å². The van der Waals surface area contributed by atoms with Crippen molar-refractivity contribution in [1.29, 1.82) is 0 Å². The fraction of sp³-hybridized carbons (Fsp3) is 0.286. The first kappa shape index (κ1) is 29.6. The summed E-state index contributed by atoms with van der Waals surface area (Å²) in [5.74, 6) is -3.86. The number of nitrogens with zero attached hydrogens (tertiary/aromatic N) is 3. The molecule has 2 aromatic carbocycles. The van der Waals surface area contributed by atoms with Gasteiger partial charge in [0.25, 0.3) is 11.8 Å². The number of aliphatic hydroxyl groups is 1. The summed E-state index contributed by atoms with van der Waals surface area (Å²) in [5, 5.41) is 18.6. The Balaban J connectivity index is 1.44. The Kier molecular flexibility index (Phi) is 8.38. The molecule has 2 aliphatic rings. The highest BCUT2D eigenvalue weighted by Gasteiger charge is 2.64. The maximum Gasteiger partial charge on any atom is 0.376 e. The van der Waals surface area contributed by atoms with Crippen molar-refractivity contribution in [2.45, 2.75) is 30.2 Å². The van der Waals surface area contributed by atoms with E-state index in [0.29, 0.717) is 16.2 Å². The van der Waals surface area contributed by atoms with Crippen LogP contribution in [-0.4, -0.2) is 76.2 Å². The molecule has 2 atom stereocenters. The van der Waals surface area contributed by atoms with Gasteiger partial charge in [0.1, 0.15) is 19.4 Å². The Bertz CT molecular complexity index is 1510. The number of nitrogens with two attached hydrogens (primary N) is 1. The van der Waals surface area contributed by atoms with E-state index in [1.807, 2.05) is 0 Å². The number of rotatable bonds is 10. The lowest BCUT2D eigenvalue weighted by molar-refractivity contribution is -0.260. The number of hydrogen-bond acceptors (Lipinski definition) is 13. The van der Waals surface area contributed by atoms with E-state index in [1.165, 1.54) is 12.5 Å². The van der Waals surface area contributed by atoms with Crippen LogP contribution in [0.5, 0.6) is 0 Å². The molecule has 2 aliphatic heterocycles. The lowest BCUT2D eigenvalue weighted by Crippen LogP contribution is -2.63. The lowest BCUT2D eigenvalue weighted by atomic mass is 9.99. The maximum absolute atomic E-state index is 13.9. The van der Waals surface area contributed by atoms with Crippen molar-refractivity contribution in [1.82, 2.24) is 15.4 Å². The van der Waals surface area contributed by atoms with E-state index in [-0.39, 0.29) is 29.4 Å². The normalized spacial score (nSPS) is 22.0. The number of benzene rings is 2. The van der Waals surface area contributed by atoms with Crippen LogP contribution in [0.3, 0.4) is 0 Å². The number of thiazole rings is 1. The van der Waals surface area contributed by atoms with Crippen LogP contribution in [0.25, 0.3) is 0 Å². The third-order valence-electron chi connectivity index (χ3n) is 6.85. The van der Waals surface area contributed by atoms with Crippen molar-refractivity contribution in [3.8, 4) is 0 Å². The van der Waals surface area contributed by atoms with Crippen molar-refractivity contribution < 1.29 is 43.4 Å². The van der Waals surface area contributed by atoms with Crippen molar-refractivity contribution in [3.05, 3.63) is 82.9 Å². The van der Waals surface area contributed by atoms with Crippen molar-refractivity contribution >= 4 is 45.9 Å². The number of anilines is 1. The molecule has 15 heteroatoms. The van der Waals surface area contributed by atoms with Crippen molar-refractivity contribution in [2.75, 3.05) is 26.1 Å². The van der Waals surface area contributed by atoms with Gasteiger partial charge in [0, 0.05) is 11.8 Å². The Morgan fingerprint density at radius 3 is 2.33 bits per heavy atom. The largest absolute Gasteiger partial charge is 0.448 e. The van der Waals surface area contributed by atoms with Crippen LogP contribution in [0, 0.1) is 0 Å². The minimum Gasteiger partial charge on any atom is -0.448 e. The molecule has 2 unspecified atom stereocenters. The van der Waals surface area contributed by atoms with Crippen LogP contribution in [-0.2, 0) is 38.3 Å². The molecule has 5 rings (SSSR count). The molecule has 0 spiro atoms. The minimum atomic E-state index is -2.33. The van der Waals surface area contributed by atoms with Crippen molar-refractivity contribution in [2.24, 2.45) is 5.16 Å². The van der Waals surface area contributed by atoms with E-state index in [0.717, 1.165) is 11.3 Å². The van der Waals surface area contributed by atoms with E-state index < -0.39 is 54.3 Å². The lowest BCUT2D eigenvalue weighted by Gasteiger charge is -2.34. The molecule has 0 aliphatic carbocycles. The summed E-state index contributed by atoms with van der Waals surface area (Å²) in [5.41, 5.74) is 2.24. The topological polar surface area (TPSA) is 192 Å². The molecular weight excluding hydrogens is 582 g/mol. The molecule has 1 aromatic heterocycles. The Labute approximate surface area is 248 Å². The highest BCUT2D eigenvalue weighted by Crippen LogP contribution is 2.39. The zero-order valence-electron chi connectivity index (χ0n) is 22.8. The van der Waals surface area contributed by atoms with Crippen LogP contribution in [0.4, 0.5) is 5.13 Å². The SMILES string of the molecule is CO/N=C(\C(=O)NC1(CO)CON(C2(C(=O)OC(c3ccccc3)c3ccccc3)CCC(=O)O2)C1=O)c1csc(N)n1. The number of oxime groups is 1. The first-order valence-electron chi connectivity index (χ1n) is 13.0. The Morgan fingerprint density at radius 2 is 1.81 bits per heavy atom. The van der Waals surface area contributed by atoms with Gasteiger partial charge in [-0.15, -0.1) is 11.3 Å². The number of hydrogen-bond donors (Lipinski definition) is 3. The summed E-state index contributed by atoms with van der Waals surface area (Å²) in [6.07, 6.45) is -1.45. The summed E-state index contributed by atoms with van der Waals surface area (Å²) in [7, 11) is 1.21. The molecule has 4 N–H and O–H groups in total. The van der Waals surface area contributed by atoms with Crippen LogP contribution < -0.4 is 11.1 Å². The number of carbonyl (C=O) groups is 4. The van der Waals surface area contributed by atoms with Gasteiger partial charge in [-0.05, 0) is 11.1 Å². The fourth-order valence-corrected chi connectivity index (χ4v) is 5.23. The molecule has 0 saturated carbocycles. The first-order valence-corrected chi connectivity index (χ1v) is 13.9. The molecule has 2 amide bonds. The van der Waals surface area contributed by atoms with Gasteiger partial charge in [0.15, 0.2) is 22.5 Å². The predicted molar refractivity (Wildman–Crippen MR) is 150 cm³/mol. The van der Waals surface area contributed by atoms with E-state index in [1.54, 1.807) is 60.7 Å². The number of nitrogen functional groups attached to an aromatic ring is 1. The molecular formula is C28H27N5O9S. The molecule has 2 saturated heterocycles. The average molecular weight is 610 g/mol. The average Bonchev–Trinajstić information content (AvgIpc) is 3.72. The van der Waals surface area contributed by atoms with E-state index in [2.05, 4.69) is 15.5 Å². The molecule has 0 radical (unpaired) electrons. The Hall–Kier alpha value is -4.86. The van der Waals surface area contributed by atoms with Crippen LogP contribution >= 0.6 is 11.3 Å². The molecule has 43 heavy (non-hydrogen) atoms. The highest BCUT2D eigenvalue weighted by atomic mass is 32.1. The summed E-state index contributed by atoms with van der Waals surface area (Å²) in [4.78, 5) is 67.8. The van der Waals surface area contributed by atoms with Crippen LogP contribution in [0.15, 0.2) is 71.2 Å². The van der Waals surface area contributed by atoms with Gasteiger partial charge in [-0.3, -0.25) is 19.2 Å². The molecule has 14 nitrogen and oxygen atoms in total. The summed E-state index contributed by atoms with van der Waals surface area (Å²) in [6.45, 7) is -1.55. The number of ether oxygens (including phenoxy) is 2. The molecule has 3 heterocycles. The van der Waals surface area contributed by atoms with Gasteiger partial charge in [0.05, 0.1) is 13.0 Å². The first-order chi connectivity index (χ1) is 20.7. The standard InChI is InChI=1S/C28H27N5O9S/c1-39-32-21(19-14-43-26(29)30-19)23(36)31-27(15-34)16-40-33(24(27)37)28(13-12-20(35)42-28)25(38)41-22(17-8-4-2-5-9-17)18-10-6-3-7-11-18/h2-11,14,22,34H,12-13,15-16H2,1H3,(H2,29,30)(H,31,36)/b32-21-. The molecule has 0 bridgehead atoms. The van der Waals surface area contributed by atoms with Crippen LogP contribution in [0.2, 0.25) is 0 Å². The number of aromatic nitrogens is 1. The quantitative estimate of drug-likeness (QED) is 0.169. The number of esters is 2. The van der Waals surface area contributed by atoms with Gasteiger partial charge in [-0.1, -0.05) is 65.8 Å². The number of hydroxylamine groups is 2. The second kappa shape index (κ2) is 12.2. The summed E-state index contributed by atoms with van der Waals surface area (Å²) < 4.78 is 11.4. The van der Waals surface area contributed by atoms with E-state index in [4.69, 9.17) is 24.9 Å². The zero-order valence-corrected chi connectivity index (χ0v) is 23.6. The third kappa shape index (κ3) is 5.64. The minimum absolute atomic E-state index is 0.0656.